The third-order valence-electron chi connectivity index (χ3n) is 5.66. The SMILES string of the molecule is C=C[C@@H]1CC1NC(=O)C1CCCN1C(=O)C(CC)NC(=O)NC(C)(C)CC. The van der Waals surface area contributed by atoms with Crippen molar-refractivity contribution in [3.63, 3.8) is 0 Å². The maximum Gasteiger partial charge on any atom is 0.315 e. The zero-order chi connectivity index (χ0) is 20.2. The fourth-order valence-electron chi connectivity index (χ4n) is 3.35. The predicted octanol–water partition coefficient (Wildman–Crippen LogP) is 1.93. The average molecular weight is 379 g/mol. The molecule has 0 spiro atoms. The van der Waals surface area contributed by atoms with E-state index in [1.807, 2.05) is 33.8 Å². The Balaban J connectivity index is 1.95. The molecule has 27 heavy (non-hydrogen) atoms. The standard InChI is InChI=1S/C20H34N4O3/c1-6-13-12-15(13)21-17(25)16-10-9-11-24(16)18(26)14(7-2)22-19(27)23-20(4,5)8-3/h6,13-16H,1,7-12H2,2-5H3,(H,21,25)(H2,22,23,27)/t13-,14?,15?,16?/m1/s1. The summed E-state index contributed by atoms with van der Waals surface area (Å²) < 4.78 is 0. The minimum Gasteiger partial charge on any atom is -0.351 e. The quantitative estimate of drug-likeness (QED) is 0.564. The number of carbonyl (C=O) groups is 3. The minimum atomic E-state index is -0.632. The molecular weight excluding hydrogens is 344 g/mol. The van der Waals surface area contributed by atoms with Crippen molar-refractivity contribution in [2.45, 2.75) is 83.5 Å². The molecule has 0 bridgehead atoms. The van der Waals surface area contributed by atoms with Crippen molar-refractivity contribution >= 4 is 17.8 Å². The van der Waals surface area contributed by atoms with Crippen molar-refractivity contribution in [3.8, 4) is 0 Å². The van der Waals surface area contributed by atoms with Crippen LogP contribution in [0.25, 0.3) is 0 Å². The number of carbonyl (C=O) groups excluding carboxylic acids is 3. The third-order valence-corrected chi connectivity index (χ3v) is 5.66. The van der Waals surface area contributed by atoms with Crippen LogP contribution in [0.5, 0.6) is 0 Å². The van der Waals surface area contributed by atoms with E-state index in [-0.39, 0.29) is 29.4 Å². The van der Waals surface area contributed by atoms with E-state index in [2.05, 4.69) is 22.5 Å². The van der Waals surface area contributed by atoms with E-state index in [4.69, 9.17) is 0 Å². The number of amides is 4. The zero-order valence-electron chi connectivity index (χ0n) is 17.0. The summed E-state index contributed by atoms with van der Waals surface area (Å²) in [6, 6.07) is -1.29. The fraction of sp³-hybridized carbons (Fsp3) is 0.750. The van der Waals surface area contributed by atoms with Crippen LogP contribution in [-0.4, -0.2) is 53.0 Å². The largest absolute Gasteiger partial charge is 0.351 e. The van der Waals surface area contributed by atoms with Crippen LogP contribution in [0.15, 0.2) is 12.7 Å². The summed E-state index contributed by atoms with van der Waals surface area (Å²) in [5, 5.41) is 8.68. The van der Waals surface area contributed by atoms with Gasteiger partial charge in [-0.25, -0.2) is 4.79 Å². The number of hydrogen-bond acceptors (Lipinski definition) is 3. The Morgan fingerprint density at radius 1 is 1.30 bits per heavy atom. The van der Waals surface area contributed by atoms with Crippen molar-refractivity contribution < 1.29 is 14.4 Å². The molecule has 1 saturated carbocycles. The predicted molar refractivity (Wildman–Crippen MR) is 105 cm³/mol. The Morgan fingerprint density at radius 3 is 2.56 bits per heavy atom. The van der Waals surface area contributed by atoms with Gasteiger partial charge < -0.3 is 20.9 Å². The molecule has 1 aliphatic carbocycles. The van der Waals surface area contributed by atoms with Crippen molar-refractivity contribution in [2.24, 2.45) is 5.92 Å². The van der Waals surface area contributed by atoms with Gasteiger partial charge in [0.2, 0.25) is 11.8 Å². The van der Waals surface area contributed by atoms with E-state index in [9.17, 15) is 14.4 Å². The first-order chi connectivity index (χ1) is 12.7. The highest BCUT2D eigenvalue weighted by atomic mass is 16.2. The number of nitrogens with one attached hydrogen (secondary N) is 3. The molecule has 1 heterocycles. The van der Waals surface area contributed by atoms with E-state index < -0.39 is 12.1 Å². The lowest BCUT2D eigenvalue weighted by atomic mass is 10.0. The second-order valence-corrected chi connectivity index (χ2v) is 8.24. The van der Waals surface area contributed by atoms with E-state index in [0.29, 0.717) is 25.3 Å². The maximum atomic E-state index is 13.0. The Hall–Kier alpha value is -2.05. The molecule has 3 N–H and O–H groups in total. The molecule has 3 unspecified atom stereocenters. The van der Waals surface area contributed by atoms with Gasteiger partial charge in [0.25, 0.3) is 0 Å². The van der Waals surface area contributed by atoms with E-state index in [1.165, 1.54) is 0 Å². The highest BCUT2D eigenvalue weighted by molar-refractivity contribution is 5.92. The second-order valence-electron chi connectivity index (χ2n) is 8.24. The Morgan fingerprint density at radius 2 is 2.00 bits per heavy atom. The first kappa shape index (κ1) is 21.3. The van der Waals surface area contributed by atoms with Gasteiger partial charge in [-0.15, -0.1) is 6.58 Å². The van der Waals surface area contributed by atoms with E-state index in [1.54, 1.807) is 4.90 Å². The third kappa shape index (κ3) is 5.47. The van der Waals surface area contributed by atoms with Gasteiger partial charge in [0.05, 0.1) is 0 Å². The van der Waals surface area contributed by atoms with Crippen LogP contribution in [0, 0.1) is 5.92 Å². The van der Waals surface area contributed by atoms with Crippen molar-refractivity contribution in [1.29, 1.82) is 0 Å². The number of likely N-dealkylation sites (tertiary alicyclic amines) is 1. The Kier molecular flexibility index (Phi) is 6.89. The number of rotatable bonds is 8. The van der Waals surface area contributed by atoms with Gasteiger partial charge in [-0.3, -0.25) is 9.59 Å². The lowest BCUT2D eigenvalue weighted by molar-refractivity contribution is -0.140. The summed E-state index contributed by atoms with van der Waals surface area (Å²) in [7, 11) is 0. The molecule has 2 fully saturated rings. The molecular formula is C20H34N4O3. The number of nitrogens with zero attached hydrogens (tertiary/aromatic N) is 1. The molecule has 152 valence electrons. The van der Waals surface area contributed by atoms with Gasteiger partial charge in [0, 0.05) is 18.1 Å². The molecule has 2 rings (SSSR count). The highest BCUT2D eigenvalue weighted by Gasteiger charge is 2.41. The van der Waals surface area contributed by atoms with Gasteiger partial charge in [0.15, 0.2) is 0 Å². The van der Waals surface area contributed by atoms with Crippen LogP contribution in [0.4, 0.5) is 4.79 Å². The molecule has 4 atom stereocenters. The van der Waals surface area contributed by atoms with E-state index >= 15 is 0 Å². The molecule has 7 nitrogen and oxygen atoms in total. The lowest BCUT2D eigenvalue weighted by Gasteiger charge is -2.30. The molecule has 2 aliphatic rings. The molecule has 1 saturated heterocycles. The highest BCUT2D eigenvalue weighted by Crippen LogP contribution is 2.31. The summed E-state index contributed by atoms with van der Waals surface area (Å²) in [6.07, 6.45) is 5.50. The first-order valence-electron chi connectivity index (χ1n) is 10.0. The van der Waals surface area contributed by atoms with Gasteiger partial charge in [-0.05, 0) is 51.9 Å². The summed E-state index contributed by atoms with van der Waals surface area (Å²) in [6.45, 7) is 12.0. The van der Waals surface area contributed by atoms with Gasteiger partial charge in [0.1, 0.15) is 12.1 Å². The fourth-order valence-corrected chi connectivity index (χ4v) is 3.35. The molecule has 7 heteroatoms. The summed E-state index contributed by atoms with van der Waals surface area (Å²) in [4.78, 5) is 39.5. The number of hydrogen-bond donors (Lipinski definition) is 3. The minimum absolute atomic E-state index is 0.0957. The molecule has 0 aromatic heterocycles. The number of urea groups is 1. The lowest BCUT2D eigenvalue weighted by Crippen LogP contribution is -2.57. The summed E-state index contributed by atoms with van der Waals surface area (Å²) in [5.41, 5.74) is -0.340. The molecule has 1 aliphatic heterocycles. The van der Waals surface area contributed by atoms with Crippen molar-refractivity contribution in [2.75, 3.05) is 6.54 Å². The summed E-state index contributed by atoms with van der Waals surface area (Å²) in [5.74, 6) is 0.0625. The van der Waals surface area contributed by atoms with Crippen LogP contribution in [0.2, 0.25) is 0 Å². The normalized spacial score (nSPS) is 25.5. The van der Waals surface area contributed by atoms with Crippen LogP contribution >= 0.6 is 0 Å². The van der Waals surface area contributed by atoms with Crippen molar-refractivity contribution in [3.05, 3.63) is 12.7 Å². The topological polar surface area (TPSA) is 90.5 Å². The van der Waals surface area contributed by atoms with Crippen LogP contribution in [0.3, 0.4) is 0 Å². The van der Waals surface area contributed by atoms with Gasteiger partial charge in [-0.2, -0.15) is 0 Å². The van der Waals surface area contributed by atoms with Crippen LogP contribution in [0.1, 0.15) is 59.8 Å². The van der Waals surface area contributed by atoms with Gasteiger partial charge >= 0.3 is 6.03 Å². The molecule has 0 aromatic rings. The van der Waals surface area contributed by atoms with Crippen LogP contribution in [-0.2, 0) is 9.59 Å². The zero-order valence-corrected chi connectivity index (χ0v) is 17.0. The van der Waals surface area contributed by atoms with Gasteiger partial charge in [-0.1, -0.05) is 19.9 Å². The summed E-state index contributed by atoms with van der Waals surface area (Å²) >= 11 is 0. The first-order valence-corrected chi connectivity index (χ1v) is 10.0. The second kappa shape index (κ2) is 8.76. The molecule has 0 aromatic carbocycles. The molecule has 4 amide bonds. The Bertz CT molecular complexity index is 590. The van der Waals surface area contributed by atoms with E-state index in [0.717, 1.165) is 19.3 Å². The van der Waals surface area contributed by atoms with Crippen LogP contribution < -0.4 is 16.0 Å². The molecule has 0 radical (unpaired) electrons. The average Bonchev–Trinajstić information content (AvgIpc) is 3.18. The maximum absolute atomic E-state index is 13.0. The smallest absolute Gasteiger partial charge is 0.315 e. The Labute approximate surface area is 162 Å². The monoisotopic (exact) mass is 378 g/mol. The van der Waals surface area contributed by atoms with Crippen molar-refractivity contribution in [1.82, 2.24) is 20.9 Å².